The van der Waals surface area contributed by atoms with Crippen molar-refractivity contribution in [3.05, 3.63) is 86.7 Å². The molecule has 0 aliphatic rings. The topological polar surface area (TPSA) is 79.1 Å². The lowest BCUT2D eigenvalue weighted by molar-refractivity contribution is 0.267. The van der Waals surface area contributed by atoms with Crippen LogP contribution < -0.4 is 20.5 Å². The molecule has 154 valence electrons. The molecular formula is C23H22BrN3O3. The number of rotatable bonds is 8. The summed E-state index contributed by atoms with van der Waals surface area (Å²) in [6.07, 6.45) is 0. The SMILES string of the molecule is CCOc1cc(CNc2ccc3[nH]c(=O)[nH]c3c2)cc(Br)c1OCc1ccccc1. The maximum absolute atomic E-state index is 11.4. The van der Waals surface area contributed by atoms with Gasteiger partial charge in [0.1, 0.15) is 6.61 Å². The number of nitrogens with one attached hydrogen (secondary N) is 3. The number of benzene rings is 3. The predicted molar refractivity (Wildman–Crippen MR) is 122 cm³/mol. The first kappa shape index (κ1) is 20.1. The molecule has 0 saturated carbocycles. The number of fused-ring (bicyclic) bond motifs is 1. The van der Waals surface area contributed by atoms with E-state index in [0.29, 0.717) is 31.3 Å². The van der Waals surface area contributed by atoms with Crippen LogP contribution in [0.3, 0.4) is 0 Å². The van der Waals surface area contributed by atoms with Crippen molar-refractivity contribution in [2.45, 2.75) is 20.1 Å². The molecule has 0 amide bonds. The van der Waals surface area contributed by atoms with Gasteiger partial charge in [0.25, 0.3) is 0 Å². The molecule has 3 N–H and O–H groups in total. The summed E-state index contributed by atoms with van der Waals surface area (Å²) < 4.78 is 12.7. The number of aromatic amines is 2. The molecule has 7 heteroatoms. The largest absolute Gasteiger partial charge is 0.490 e. The average molecular weight is 468 g/mol. The van der Waals surface area contributed by atoms with Crippen molar-refractivity contribution in [3.63, 3.8) is 0 Å². The number of ether oxygens (including phenoxy) is 2. The van der Waals surface area contributed by atoms with Crippen LogP contribution in [0.2, 0.25) is 0 Å². The van der Waals surface area contributed by atoms with Gasteiger partial charge in [-0.1, -0.05) is 30.3 Å². The van der Waals surface area contributed by atoms with Crippen molar-refractivity contribution >= 4 is 32.7 Å². The third kappa shape index (κ3) is 4.68. The number of imidazole rings is 1. The molecule has 4 aromatic rings. The number of halogens is 1. The third-order valence-corrected chi connectivity index (χ3v) is 5.20. The van der Waals surface area contributed by atoms with Gasteiger partial charge in [0, 0.05) is 12.2 Å². The molecule has 0 radical (unpaired) electrons. The maximum atomic E-state index is 11.4. The van der Waals surface area contributed by atoms with Crippen LogP contribution in [0.5, 0.6) is 11.5 Å². The molecule has 1 heterocycles. The molecule has 0 fully saturated rings. The lowest BCUT2D eigenvalue weighted by Crippen LogP contribution is -2.04. The van der Waals surface area contributed by atoms with Gasteiger partial charge in [-0.15, -0.1) is 0 Å². The summed E-state index contributed by atoms with van der Waals surface area (Å²) in [7, 11) is 0. The average Bonchev–Trinajstić information content (AvgIpc) is 3.12. The van der Waals surface area contributed by atoms with E-state index in [1.165, 1.54) is 0 Å². The zero-order valence-corrected chi connectivity index (χ0v) is 18.1. The standard InChI is InChI=1S/C23H22BrN3O3/c1-2-29-21-11-16(10-18(24)22(21)30-14-15-6-4-3-5-7-15)13-25-17-8-9-19-20(12-17)27-23(28)26-19/h3-12,25H,2,13-14H2,1H3,(H2,26,27,28). The van der Waals surface area contributed by atoms with Crippen molar-refractivity contribution in [1.82, 2.24) is 9.97 Å². The van der Waals surface area contributed by atoms with Gasteiger partial charge < -0.3 is 24.8 Å². The molecule has 0 bridgehead atoms. The molecule has 0 unspecified atom stereocenters. The minimum absolute atomic E-state index is 0.210. The minimum atomic E-state index is -0.210. The van der Waals surface area contributed by atoms with Crippen LogP contribution in [0.1, 0.15) is 18.1 Å². The van der Waals surface area contributed by atoms with Crippen molar-refractivity contribution < 1.29 is 9.47 Å². The highest BCUT2D eigenvalue weighted by atomic mass is 79.9. The Kier molecular flexibility index (Phi) is 6.09. The Bertz CT molecular complexity index is 1200. The second-order valence-electron chi connectivity index (χ2n) is 6.81. The Balaban J connectivity index is 1.50. The summed E-state index contributed by atoms with van der Waals surface area (Å²) in [6.45, 7) is 3.55. The Morgan fingerprint density at radius 1 is 0.933 bits per heavy atom. The van der Waals surface area contributed by atoms with E-state index < -0.39 is 0 Å². The van der Waals surface area contributed by atoms with E-state index in [1.807, 2.05) is 67.6 Å². The van der Waals surface area contributed by atoms with Gasteiger partial charge in [-0.25, -0.2) is 4.79 Å². The fourth-order valence-corrected chi connectivity index (χ4v) is 3.81. The summed E-state index contributed by atoms with van der Waals surface area (Å²) in [5.74, 6) is 1.39. The summed E-state index contributed by atoms with van der Waals surface area (Å²) >= 11 is 3.63. The van der Waals surface area contributed by atoms with Gasteiger partial charge in [0.05, 0.1) is 22.1 Å². The normalized spacial score (nSPS) is 10.9. The summed E-state index contributed by atoms with van der Waals surface area (Å²) in [5, 5.41) is 3.38. The van der Waals surface area contributed by atoms with E-state index in [9.17, 15) is 4.79 Å². The molecule has 4 rings (SSSR count). The quantitative estimate of drug-likeness (QED) is 0.332. The van der Waals surface area contributed by atoms with E-state index in [4.69, 9.17) is 9.47 Å². The second kappa shape index (κ2) is 9.09. The van der Waals surface area contributed by atoms with Crippen LogP contribution in [0.15, 0.2) is 69.9 Å². The van der Waals surface area contributed by atoms with E-state index in [1.54, 1.807) is 0 Å². The van der Waals surface area contributed by atoms with E-state index in [2.05, 4.69) is 31.2 Å². The minimum Gasteiger partial charge on any atom is -0.490 e. The molecule has 0 atom stereocenters. The van der Waals surface area contributed by atoms with Crippen LogP contribution in [-0.2, 0) is 13.2 Å². The first-order chi connectivity index (χ1) is 14.6. The second-order valence-corrected chi connectivity index (χ2v) is 7.66. The zero-order chi connectivity index (χ0) is 20.9. The molecule has 0 spiro atoms. The molecule has 1 aromatic heterocycles. The Hall–Kier alpha value is -3.19. The van der Waals surface area contributed by atoms with Crippen LogP contribution in [0.4, 0.5) is 5.69 Å². The van der Waals surface area contributed by atoms with E-state index in [0.717, 1.165) is 32.3 Å². The number of anilines is 1. The number of aromatic nitrogens is 2. The summed E-state index contributed by atoms with van der Waals surface area (Å²) in [5.41, 5.74) is 4.39. The highest BCUT2D eigenvalue weighted by Gasteiger charge is 2.13. The van der Waals surface area contributed by atoms with Crippen molar-refractivity contribution in [3.8, 4) is 11.5 Å². The molecule has 3 aromatic carbocycles. The first-order valence-electron chi connectivity index (χ1n) is 9.70. The van der Waals surface area contributed by atoms with Gasteiger partial charge in [-0.05, 0) is 64.3 Å². The smallest absolute Gasteiger partial charge is 0.323 e. The number of hydrogen-bond acceptors (Lipinski definition) is 4. The van der Waals surface area contributed by atoms with Crippen LogP contribution in [0, 0.1) is 0 Å². The van der Waals surface area contributed by atoms with Gasteiger partial charge in [-0.2, -0.15) is 0 Å². The van der Waals surface area contributed by atoms with Crippen molar-refractivity contribution in [2.24, 2.45) is 0 Å². The fourth-order valence-electron chi connectivity index (χ4n) is 3.20. The summed E-state index contributed by atoms with van der Waals surface area (Å²) in [6, 6.07) is 19.7. The lowest BCUT2D eigenvalue weighted by Gasteiger charge is -2.16. The number of H-pyrrole nitrogens is 2. The highest BCUT2D eigenvalue weighted by molar-refractivity contribution is 9.10. The van der Waals surface area contributed by atoms with Crippen LogP contribution in [-0.4, -0.2) is 16.6 Å². The third-order valence-electron chi connectivity index (χ3n) is 4.61. The Labute approximate surface area is 182 Å². The van der Waals surface area contributed by atoms with Gasteiger partial charge in [-0.3, -0.25) is 0 Å². The molecule has 30 heavy (non-hydrogen) atoms. The van der Waals surface area contributed by atoms with E-state index >= 15 is 0 Å². The van der Waals surface area contributed by atoms with Crippen LogP contribution in [0.25, 0.3) is 11.0 Å². The molecule has 0 aliphatic heterocycles. The molecule has 0 saturated heterocycles. The van der Waals surface area contributed by atoms with Gasteiger partial charge >= 0.3 is 5.69 Å². The molecule has 0 aliphatic carbocycles. The lowest BCUT2D eigenvalue weighted by atomic mass is 10.2. The van der Waals surface area contributed by atoms with Crippen molar-refractivity contribution in [1.29, 1.82) is 0 Å². The molecule has 6 nitrogen and oxygen atoms in total. The Morgan fingerprint density at radius 2 is 1.73 bits per heavy atom. The van der Waals surface area contributed by atoms with Crippen LogP contribution >= 0.6 is 15.9 Å². The monoisotopic (exact) mass is 467 g/mol. The molecular weight excluding hydrogens is 446 g/mol. The maximum Gasteiger partial charge on any atom is 0.323 e. The van der Waals surface area contributed by atoms with E-state index in [-0.39, 0.29) is 5.69 Å². The predicted octanol–water partition coefficient (Wildman–Crippen LogP) is 5.21. The first-order valence-corrected chi connectivity index (χ1v) is 10.5. The Morgan fingerprint density at radius 3 is 2.53 bits per heavy atom. The van der Waals surface area contributed by atoms with Gasteiger partial charge in [0.15, 0.2) is 11.5 Å². The number of hydrogen-bond donors (Lipinski definition) is 3. The highest BCUT2D eigenvalue weighted by Crippen LogP contribution is 2.37. The van der Waals surface area contributed by atoms with Gasteiger partial charge in [0.2, 0.25) is 0 Å². The fraction of sp³-hybridized carbons (Fsp3) is 0.174. The van der Waals surface area contributed by atoms with Crippen molar-refractivity contribution in [2.75, 3.05) is 11.9 Å². The zero-order valence-electron chi connectivity index (χ0n) is 16.5. The summed E-state index contributed by atoms with van der Waals surface area (Å²) in [4.78, 5) is 16.9.